The van der Waals surface area contributed by atoms with Crippen LogP contribution in [0.4, 0.5) is 0 Å². The van der Waals surface area contributed by atoms with Gasteiger partial charge in [0.2, 0.25) is 10.0 Å². The second-order valence-electron chi connectivity index (χ2n) is 5.86. The molecule has 0 spiro atoms. The van der Waals surface area contributed by atoms with Crippen molar-refractivity contribution in [1.82, 2.24) is 9.62 Å². The fraction of sp³-hybridized carbons (Fsp3) is 0.222. The Labute approximate surface area is 141 Å². The summed E-state index contributed by atoms with van der Waals surface area (Å²) in [6.45, 7) is 0.232. The van der Waals surface area contributed by atoms with Crippen LogP contribution in [0.5, 0.6) is 0 Å². The van der Waals surface area contributed by atoms with Gasteiger partial charge in [0.15, 0.2) is 0 Å². The zero-order chi connectivity index (χ0) is 17.2. The molecule has 0 saturated carbocycles. The van der Waals surface area contributed by atoms with Gasteiger partial charge in [0.25, 0.3) is 0 Å². The van der Waals surface area contributed by atoms with Crippen molar-refractivity contribution in [2.24, 2.45) is 0 Å². The van der Waals surface area contributed by atoms with E-state index in [9.17, 15) is 8.42 Å². The number of nitrogens with zero attached hydrogens (tertiary/aromatic N) is 1. The molecule has 0 unspecified atom stereocenters. The zero-order valence-corrected chi connectivity index (χ0v) is 14.5. The molecule has 2 aromatic carbocycles. The number of fused-ring (bicyclic) bond motifs is 1. The molecule has 3 rings (SSSR count). The van der Waals surface area contributed by atoms with Crippen LogP contribution in [0.2, 0.25) is 0 Å². The number of likely N-dealkylation sites (N-methyl/N-ethyl adjacent to an activating group) is 1. The Hall–Kier alpha value is -2.15. The highest BCUT2D eigenvalue weighted by molar-refractivity contribution is 7.89. The molecule has 3 aromatic rings. The number of sulfonamides is 1. The van der Waals surface area contributed by atoms with Crippen molar-refractivity contribution >= 4 is 20.8 Å². The molecule has 0 bridgehead atoms. The average molecular weight is 344 g/mol. The third-order valence-electron chi connectivity index (χ3n) is 3.99. The van der Waals surface area contributed by atoms with Gasteiger partial charge in [-0.05, 0) is 49.1 Å². The quantitative estimate of drug-likeness (QED) is 0.747. The minimum Gasteiger partial charge on any atom is -0.468 e. The summed E-state index contributed by atoms with van der Waals surface area (Å²) in [4.78, 5) is 2.18. The maximum atomic E-state index is 12.6. The molecule has 0 saturated heterocycles. The fourth-order valence-electron chi connectivity index (χ4n) is 2.63. The van der Waals surface area contributed by atoms with Crippen molar-refractivity contribution < 1.29 is 12.8 Å². The summed E-state index contributed by atoms with van der Waals surface area (Å²) in [7, 11) is 0.183. The minimum absolute atomic E-state index is 0.171. The van der Waals surface area contributed by atoms with Crippen molar-refractivity contribution in [2.75, 3.05) is 20.6 Å². The van der Waals surface area contributed by atoms with E-state index in [1.807, 2.05) is 55.4 Å². The lowest BCUT2D eigenvalue weighted by molar-refractivity contribution is 0.259. The number of hydrogen-bond donors (Lipinski definition) is 1. The second-order valence-corrected chi connectivity index (χ2v) is 7.62. The number of rotatable bonds is 6. The first kappa shape index (κ1) is 16.7. The normalized spacial score (nSPS) is 13.5. The first-order valence-electron chi connectivity index (χ1n) is 7.66. The van der Waals surface area contributed by atoms with E-state index in [0.717, 1.165) is 16.5 Å². The first-order chi connectivity index (χ1) is 11.5. The fourth-order valence-corrected chi connectivity index (χ4v) is 3.70. The highest BCUT2D eigenvalue weighted by atomic mass is 32.2. The van der Waals surface area contributed by atoms with Crippen molar-refractivity contribution in [3.8, 4) is 0 Å². The van der Waals surface area contributed by atoms with Gasteiger partial charge in [-0.3, -0.25) is 4.90 Å². The lowest BCUT2D eigenvalue weighted by Crippen LogP contribution is -2.34. The lowest BCUT2D eigenvalue weighted by Gasteiger charge is -2.22. The summed E-state index contributed by atoms with van der Waals surface area (Å²) >= 11 is 0. The standard InChI is InChI=1S/C18H20N2O3S/c1-20(2)17(18-8-5-11-23-18)13-19-24(21,22)16-10-9-14-6-3-4-7-15(14)12-16/h3-12,17,19H,13H2,1-2H3/t17-/m1/s1. The van der Waals surface area contributed by atoms with Crippen molar-refractivity contribution in [1.29, 1.82) is 0 Å². The number of nitrogens with one attached hydrogen (secondary N) is 1. The lowest BCUT2D eigenvalue weighted by atomic mass is 10.1. The molecule has 0 aliphatic rings. The Morgan fingerprint density at radius 3 is 2.46 bits per heavy atom. The SMILES string of the molecule is CN(C)[C@H](CNS(=O)(=O)c1ccc2ccccc2c1)c1ccco1. The van der Waals surface area contributed by atoms with Gasteiger partial charge in [-0.15, -0.1) is 0 Å². The number of furan rings is 1. The van der Waals surface area contributed by atoms with Crippen LogP contribution in [-0.2, 0) is 10.0 Å². The minimum atomic E-state index is -3.59. The van der Waals surface area contributed by atoms with Crippen LogP contribution >= 0.6 is 0 Å². The smallest absolute Gasteiger partial charge is 0.240 e. The molecule has 6 heteroatoms. The molecule has 24 heavy (non-hydrogen) atoms. The highest BCUT2D eigenvalue weighted by Crippen LogP contribution is 2.21. The molecule has 1 aromatic heterocycles. The Morgan fingerprint density at radius 1 is 1.04 bits per heavy atom. The summed E-state index contributed by atoms with van der Waals surface area (Å²) in [6, 6.07) is 16.3. The monoisotopic (exact) mass is 344 g/mol. The molecule has 0 radical (unpaired) electrons. The molecule has 0 aliphatic heterocycles. The molecule has 0 aliphatic carbocycles. The van der Waals surface area contributed by atoms with E-state index in [1.165, 1.54) is 0 Å². The highest BCUT2D eigenvalue weighted by Gasteiger charge is 2.21. The Balaban J connectivity index is 1.82. The molecule has 126 valence electrons. The van der Waals surface area contributed by atoms with E-state index in [-0.39, 0.29) is 17.5 Å². The van der Waals surface area contributed by atoms with Crippen LogP contribution in [0, 0.1) is 0 Å². The van der Waals surface area contributed by atoms with Crippen LogP contribution in [0.3, 0.4) is 0 Å². The molecule has 1 N–H and O–H groups in total. The maximum absolute atomic E-state index is 12.6. The van der Waals surface area contributed by atoms with Gasteiger partial charge in [-0.25, -0.2) is 13.1 Å². The van der Waals surface area contributed by atoms with Crippen LogP contribution in [-0.4, -0.2) is 34.0 Å². The summed E-state index contributed by atoms with van der Waals surface area (Å²) < 4.78 is 33.3. The van der Waals surface area contributed by atoms with Crippen LogP contribution < -0.4 is 4.72 Å². The van der Waals surface area contributed by atoms with Gasteiger partial charge in [0, 0.05) is 6.54 Å². The summed E-state index contributed by atoms with van der Waals surface area (Å²) in [5, 5.41) is 1.91. The van der Waals surface area contributed by atoms with Gasteiger partial charge in [-0.1, -0.05) is 30.3 Å². The van der Waals surface area contributed by atoms with E-state index in [0.29, 0.717) is 0 Å². The van der Waals surface area contributed by atoms with Crippen molar-refractivity contribution in [3.63, 3.8) is 0 Å². The number of hydrogen-bond acceptors (Lipinski definition) is 4. The molecular weight excluding hydrogens is 324 g/mol. The van der Waals surface area contributed by atoms with Crippen LogP contribution in [0.25, 0.3) is 10.8 Å². The Bertz CT molecular complexity index is 918. The van der Waals surface area contributed by atoms with Gasteiger partial charge in [0.1, 0.15) is 5.76 Å². The predicted molar refractivity (Wildman–Crippen MR) is 94.3 cm³/mol. The average Bonchev–Trinajstić information content (AvgIpc) is 3.08. The van der Waals surface area contributed by atoms with E-state index in [1.54, 1.807) is 24.5 Å². The van der Waals surface area contributed by atoms with Gasteiger partial charge in [0.05, 0.1) is 17.2 Å². The third-order valence-corrected chi connectivity index (χ3v) is 5.41. The summed E-state index contributed by atoms with van der Waals surface area (Å²) in [5.41, 5.74) is 0. The topological polar surface area (TPSA) is 62.6 Å². The summed E-state index contributed by atoms with van der Waals surface area (Å²) in [6.07, 6.45) is 1.59. The van der Waals surface area contributed by atoms with Crippen molar-refractivity contribution in [2.45, 2.75) is 10.9 Å². The molecule has 1 heterocycles. The van der Waals surface area contributed by atoms with E-state index < -0.39 is 10.0 Å². The zero-order valence-electron chi connectivity index (χ0n) is 13.6. The summed E-state index contributed by atoms with van der Waals surface area (Å²) in [5.74, 6) is 0.723. The van der Waals surface area contributed by atoms with Gasteiger partial charge >= 0.3 is 0 Å². The van der Waals surface area contributed by atoms with Crippen LogP contribution in [0.15, 0.2) is 70.2 Å². The third kappa shape index (κ3) is 3.51. The second kappa shape index (κ2) is 6.76. The van der Waals surface area contributed by atoms with E-state index in [4.69, 9.17) is 4.42 Å². The van der Waals surface area contributed by atoms with Gasteiger partial charge < -0.3 is 4.42 Å². The van der Waals surface area contributed by atoms with E-state index in [2.05, 4.69) is 4.72 Å². The number of benzene rings is 2. The predicted octanol–water partition coefficient (Wildman–Crippen LogP) is 3.01. The molecule has 1 atom stereocenters. The molecular formula is C18H20N2O3S. The molecule has 5 nitrogen and oxygen atoms in total. The maximum Gasteiger partial charge on any atom is 0.240 e. The van der Waals surface area contributed by atoms with Gasteiger partial charge in [-0.2, -0.15) is 0 Å². The molecule has 0 fully saturated rings. The van der Waals surface area contributed by atoms with Crippen LogP contribution in [0.1, 0.15) is 11.8 Å². The van der Waals surface area contributed by atoms with E-state index >= 15 is 0 Å². The largest absolute Gasteiger partial charge is 0.468 e. The van der Waals surface area contributed by atoms with Crippen molar-refractivity contribution in [3.05, 3.63) is 66.6 Å². The first-order valence-corrected chi connectivity index (χ1v) is 9.14. The molecule has 0 amide bonds. The Morgan fingerprint density at radius 2 is 1.79 bits per heavy atom. The Kier molecular flexibility index (Phi) is 4.71.